The van der Waals surface area contributed by atoms with Gasteiger partial charge in [0, 0.05) is 37.9 Å². The van der Waals surface area contributed by atoms with Crippen LogP contribution in [0.3, 0.4) is 0 Å². The first-order valence-corrected chi connectivity index (χ1v) is 7.57. The zero-order valence-electron chi connectivity index (χ0n) is 11.9. The Kier molecular flexibility index (Phi) is 4.04. The Morgan fingerprint density at radius 1 is 1.11 bits per heavy atom. The SMILES string of the molecule is CN1CCC(NCc2ccc(N3CCCC3)cc2)C1. The number of nitrogens with one attached hydrogen (secondary N) is 1. The van der Waals surface area contributed by atoms with E-state index in [4.69, 9.17) is 0 Å². The molecule has 2 heterocycles. The summed E-state index contributed by atoms with van der Waals surface area (Å²) >= 11 is 0. The van der Waals surface area contributed by atoms with Crippen LogP contribution in [0.1, 0.15) is 24.8 Å². The van der Waals surface area contributed by atoms with E-state index in [-0.39, 0.29) is 0 Å². The third-order valence-electron chi connectivity index (χ3n) is 4.39. The van der Waals surface area contributed by atoms with Gasteiger partial charge in [-0.05, 0) is 50.6 Å². The standard InChI is InChI=1S/C16H25N3/c1-18-11-8-15(13-18)17-12-14-4-6-16(7-5-14)19-9-2-3-10-19/h4-7,15,17H,2-3,8-13H2,1H3. The molecule has 2 aliphatic rings. The van der Waals surface area contributed by atoms with Crippen LogP contribution in [0.2, 0.25) is 0 Å². The zero-order chi connectivity index (χ0) is 13.1. The van der Waals surface area contributed by atoms with E-state index in [1.54, 1.807) is 0 Å². The molecule has 19 heavy (non-hydrogen) atoms. The minimum absolute atomic E-state index is 0.670. The molecule has 0 radical (unpaired) electrons. The fraction of sp³-hybridized carbons (Fsp3) is 0.625. The maximum absolute atomic E-state index is 3.66. The van der Waals surface area contributed by atoms with Crippen LogP contribution in [0.25, 0.3) is 0 Å². The summed E-state index contributed by atoms with van der Waals surface area (Å²) in [5, 5.41) is 3.66. The van der Waals surface area contributed by atoms with Gasteiger partial charge in [-0.15, -0.1) is 0 Å². The normalized spacial score (nSPS) is 24.3. The van der Waals surface area contributed by atoms with Crippen LogP contribution in [0.4, 0.5) is 5.69 Å². The Bertz CT molecular complexity index is 395. The van der Waals surface area contributed by atoms with Gasteiger partial charge in [0.25, 0.3) is 0 Å². The number of rotatable bonds is 4. The van der Waals surface area contributed by atoms with Gasteiger partial charge >= 0.3 is 0 Å². The van der Waals surface area contributed by atoms with Crippen LogP contribution in [-0.2, 0) is 6.54 Å². The van der Waals surface area contributed by atoms with Crippen LogP contribution in [0.15, 0.2) is 24.3 Å². The first kappa shape index (κ1) is 12.9. The highest BCUT2D eigenvalue weighted by atomic mass is 15.2. The molecular weight excluding hydrogens is 234 g/mol. The second-order valence-corrected chi connectivity index (χ2v) is 5.99. The van der Waals surface area contributed by atoms with Crippen molar-refractivity contribution in [1.82, 2.24) is 10.2 Å². The smallest absolute Gasteiger partial charge is 0.0366 e. The highest BCUT2D eigenvalue weighted by Crippen LogP contribution is 2.20. The fourth-order valence-corrected chi connectivity index (χ4v) is 3.16. The van der Waals surface area contributed by atoms with Crippen molar-refractivity contribution in [3.8, 4) is 0 Å². The van der Waals surface area contributed by atoms with Gasteiger partial charge < -0.3 is 15.1 Å². The minimum Gasteiger partial charge on any atom is -0.372 e. The van der Waals surface area contributed by atoms with Crippen LogP contribution in [0, 0.1) is 0 Å². The molecule has 0 amide bonds. The molecule has 0 saturated carbocycles. The van der Waals surface area contributed by atoms with E-state index in [1.165, 1.54) is 56.7 Å². The highest BCUT2D eigenvalue weighted by Gasteiger charge is 2.18. The number of likely N-dealkylation sites (N-methyl/N-ethyl adjacent to an activating group) is 1. The predicted molar refractivity (Wildman–Crippen MR) is 80.6 cm³/mol. The van der Waals surface area contributed by atoms with E-state index in [0.717, 1.165) is 6.54 Å². The van der Waals surface area contributed by atoms with Crippen molar-refractivity contribution in [2.75, 3.05) is 38.1 Å². The highest BCUT2D eigenvalue weighted by molar-refractivity contribution is 5.48. The largest absolute Gasteiger partial charge is 0.372 e. The summed E-state index contributed by atoms with van der Waals surface area (Å²) in [5.74, 6) is 0. The Labute approximate surface area is 116 Å². The van der Waals surface area contributed by atoms with Crippen molar-refractivity contribution < 1.29 is 0 Å². The lowest BCUT2D eigenvalue weighted by molar-refractivity contribution is 0.397. The first-order chi connectivity index (χ1) is 9.31. The predicted octanol–water partition coefficient (Wildman–Crippen LogP) is 2.08. The van der Waals surface area contributed by atoms with Gasteiger partial charge in [0.05, 0.1) is 0 Å². The first-order valence-electron chi connectivity index (χ1n) is 7.57. The number of benzene rings is 1. The van der Waals surface area contributed by atoms with E-state index in [0.29, 0.717) is 6.04 Å². The number of hydrogen-bond acceptors (Lipinski definition) is 3. The molecule has 1 aromatic rings. The molecule has 0 aromatic heterocycles. The van der Waals surface area contributed by atoms with E-state index >= 15 is 0 Å². The molecule has 2 saturated heterocycles. The average Bonchev–Trinajstić information content (AvgIpc) is 3.08. The van der Waals surface area contributed by atoms with Crippen LogP contribution in [0.5, 0.6) is 0 Å². The Hall–Kier alpha value is -1.06. The topological polar surface area (TPSA) is 18.5 Å². The molecule has 104 valence electrons. The second-order valence-electron chi connectivity index (χ2n) is 5.99. The van der Waals surface area contributed by atoms with Gasteiger partial charge in [0.15, 0.2) is 0 Å². The van der Waals surface area contributed by atoms with E-state index in [2.05, 4.69) is 46.4 Å². The summed E-state index contributed by atoms with van der Waals surface area (Å²) in [5.41, 5.74) is 2.79. The summed E-state index contributed by atoms with van der Waals surface area (Å²) in [7, 11) is 2.20. The summed E-state index contributed by atoms with van der Waals surface area (Å²) in [6, 6.07) is 9.79. The molecule has 0 spiro atoms. The molecule has 0 aliphatic carbocycles. The van der Waals surface area contributed by atoms with E-state index in [9.17, 15) is 0 Å². The molecule has 2 fully saturated rings. The third-order valence-corrected chi connectivity index (χ3v) is 4.39. The summed E-state index contributed by atoms with van der Waals surface area (Å²) in [6.07, 6.45) is 3.97. The van der Waals surface area contributed by atoms with Gasteiger partial charge in [-0.25, -0.2) is 0 Å². The maximum atomic E-state index is 3.66. The van der Waals surface area contributed by atoms with Crippen molar-refractivity contribution in [3.05, 3.63) is 29.8 Å². The quantitative estimate of drug-likeness (QED) is 0.893. The monoisotopic (exact) mass is 259 g/mol. The third kappa shape index (κ3) is 3.28. The molecule has 1 atom stereocenters. The molecule has 3 heteroatoms. The van der Waals surface area contributed by atoms with Gasteiger partial charge in [0.2, 0.25) is 0 Å². The Morgan fingerprint density at radius 3 is 2.47 bits per heavy atom. The number of likely N-dealkylation sites (tertiary alicyclic amines) is 1. The lowest BCUT2D eigenvalue weighted by Gasteiger charge is -2.18. The van der Waals surface area contributed by atoms with E-state index in [1.807, 2.05) is 0 Å². The van der Waals surface area contributed by atoms with Crippen LogP contribution >= 0.6 is 0 Å². The molecule has 0 bridgehead atoms. The Morgan fingerprint density at radius 2 is 1.84 bits per heavy atom. The van der Waals surface area contributed by atoms with Gasteiger partial charge in [0.1, 0.15) is 0 Å². The molecule has 1 unspecified atom stereocenters. The lowest BCUT2D eigenvalue weighted by Crippen LogP contribution is -2.30. The van der Waals surface area contributed by atoms with Gasteiger partial charge in [-0.1, -0.05) is 12.1 Å². The van der Waals surface area contributed by atoms with Crippen molar-refractivity contribution in [1.29, 1.82) is 0 Å². The summed E-state index contributed by atoms with van der Waals surface area (Å²) in [6.45, 7) is 5.87. The fourth-order valence-electron chi connectivity index (χ4n) is 3.16. The second kappa shape index (κ2) is 5.93. The molecule has 3 rings (SSSR count). The molecule has 2 aliphatic heterocycles. The zero-order valence-corrected chi connectivity index (χ0v) is 11.9. The van der Waals surface area contributed by atoms with Crippen molar-refractivity contribution >= 4 is 5.69 Å². The number of anilines is 1. The molecular formula is C16H25N3. The number of nitrogens with zero attached hydrogens (tertiary/aromatic N) is 2. The summed E-state index contributed by atoms with van der Waals surface area (Å²) < 4.78 is 0. The maximum Gasteiger partial charge on any atom is 0.0366 e. The average molecular weight is 259 g/mol. The van der Waals surface area contributed by atoms with Gasteiger partial charge in [-0.2, -0.15) is 0 Å². The number of hydrogen-bond donors (Lipinski definition) is 1. The minimum atomic E-state index is 0.670. The van der Waals surface area contributed by atoms with Gasteiger partial charge in [-0.3, -0.25) is 0 Å². The van der Waals surface area contributed by atoms with Crippen LogP contribution < -0.4 is 10.2 Å². The molecule has 1 N–H and O–H groups in total. The lowest BCUT2D eigenvalue weighted by atomic mass is 10.1. The Balaban J connectivity index is 1.51. The summed E-state index contributed by atoms with van der Waals surface area (Å²) in [4.78, 5) is 4.89. The van der Waals surface area contributed by atoms with Crippen molar-refractivity contribution in [2.45, 2.75) is 31.8 Å². The van der Waals surface area contributed by atoms with Crippen molar-refractivity contribution in [3.63, 3.8) is 0 Å². The van der Waals surface area contributed by atoms with Crippen LogP contribution in [-0.4, -0.2) is 44.2 Å². The van der Waals surface area contributed by atoms with E-state index < -0.39 is 0 Å². The molecule has 1 aromatic carbocycles. The van der Waals surface area contributed by atoms with Crippen molar-refractivity contribution in [2.24, 2.45) is 0 Å². The molecule has 3 nitrogen and oxygen atoms in total.